The lowest BCUT2D eigenvalue weighted by molar-refractivity contribution is 1.08. The molecule has 0 bridgehead atoms. The number of nitrogens with two attached hydrogens (primary N) is 4. The maximum atomic E-state index is 5.92. The van der Waals surface area contributed by atoms with Gasteiger partial charge in [-0.1, -0.05) is 12.1 Å². The van der Waals surface area contributed by atoms with Crippen molar-refractivity contribution in [2.45, 2.75) is 6.54 Å². The SMILES string of the molecule is NCc1c(N)cc(-c2ccc(N)cc2)cc1N. The summed E-state index contributed by atoms with van der Waals surface area (Å²) in [4.78, 5) is 0. The summed E-state index contributed by atoms with van der Waals surface area (Å²) in [5.74, 6) is 0. The van der Waals surface area contributed by atoms with E-state index in [-0.39, 0.29) is 0 Å². The molecule has 4 nitrogen and oxygen atoms in total. The summed E-state index contributed by atoms with van der Waals surface area (Å²) >= 11 is 0. The number of anilines is 3. The van der Waals surface area contributed by atoms with Gasteiger partial charge in [-0.05, 0) is 35.4 Å². The van der Waals surface area contributed by atoms with Crippen molar-refractivity contribution in [3.05, 3.63) is 42.0 Å². The van der Waals surface area contributed by atoms with E-state index >= 15 is 0 Å². The molecule has 0 aliphatic rings. The van der Waals surface area contributed by atoms with E-state index in [4.69, 9.17) is 22.9 Å². The molecule has 0 aliphatic heterocycles. The van der Waals surface area contributed by atoms with Crippen molar-refractivity contribution in [3.8, 4) is 11.1 Å². The van der Waals surface area contributed by atoms with E-state index in [1.54, 1.807) is 0 Å². The molecule has 0 aliphatic carbocycles. The van der Waals surface area contributed by atoms with Gasteiger partial charge in [-0.2, -0.15) is 0 Å². The van der Waals surface area contributed by atoms with Crippen molar-refractivity contribution in [3.63, 3.8) is 0 Å². The van der Waals surface area contributed by atoms with E-state index in [2.05, 4.69) is 0 Å². The van der Waals surface area contributed by atoms with Crippen molar-refractivity contribution >= 4 is 17.1 Å². The Hall–Kier alpha value is -2.20. The third-order valence-corrected chi connectivity index (χ3v) is 2.77. The first-order valence-corrected chi connectivity index (χ1v) is 5.35. The van der Waals surface area contributed by atoms with Gasteiger partial charge in [0.2, 0.25) is 0 Å². The summed E-state index contributed by atoms with van der Waals surface area (Å²) in [7, 11) is 0. The molecule has 0 atom stereocenters. The molecule has 4 heteroatoms. The van der Waals surface area contributed by atoms with Gasteiger partial charge in [0.15, 0.2) is 0 Å². The highest BCUT2D eigenvalue weighted by Gasteiger charge is 2.06. The van der Waals surface area contributed by atoms with Crippen LogP contribution in [0.25, 0.3) is 11.1 Å². The van der Waals surface area contributed by atoms with Crippen LogP contribution in [0, 0.1) is 0 Å². The van der Waals surface area contributed by atoms with Crippen LogP contribution in [0.5, 0.6) is 0 Å². The minimum atomic E-state index is 0.347. The van der Waals surface area contributed by atoms with Crippen LogP contribution in [0.2, 0.25) is 0 Å². The normalized spacial score (nSPS) is 10.4. The fourth-order valence-electron chi connectivity index (χ4n) is 1.80. The fraction of sp³-hybridized carbons (Fsp3) is 0.0769. The summed E-state index contributed by atoms with van der Waals surface area (Å²) in [6.45, 7) is 0.347. The van der Waals surface area contributed by atoms with Crippen LogP contribution < -0.4 is 22.9 Å². The fourth-order valence-corrected chi connectivity index (χ4v) is 1.80. The monoisotopic (exact) mass is 228 g/mol. The molecule has 8 N–H and O–H groups in total. The van der Waals surface area contributed by atoms with Gasteiger partial charge in [0.05, 0.1) is 0 Å². The topological polar surface area (TPSA) is 104 Å². The van der Waals surface area contributed by atoms with E-state index < -0.39 is 0 Å². The molecule has 0 radical (unpaired) electrons. The van der Waals surface area contributed by atoms with Gasteiger partial charge in [0.1, 0.15) is 0 Å². The third kappa shape index (κ3) is 2.16. The molecule has 17 heavy (non-hydrogen) atoms. The molecule has 0 unspecified atom stereocenters. The Kier molecular flexibility index (Phi) is 2.89. The summed E-state index contributed by atoms with van der Waals surface area (Å²) < 4.78 is 0. The number of rotatable bonds is 2. The second-order valence-corrected chi connectivity index (χ2v) is 3.96. The number of nitrogen functional groups attached to an aromatic ring is 3. The molecule has 2 rings (SSSR count). The molecule has 0 heterocycles. The molecule has 0 saturated carbocycles. The van der Waals surface area contributed by atoms with Gasteiger partial charge in [0.25, 0.3) is 0 Å². The van der Waals surface area contributed by atoms with Gasteiger partial charge in [0, 0.05) is 29.2 Å². The highest BCUT2D eigenvalue weighted by atomic mass is 14.7. The molecule has 0 spiro atoms. The second-order valence-electron chi connectivity index (χ2n) is 3.96. The van der Waals surface area contributed by atoms with Gasteiger partial charge < -0.3 is 22.9 Å². The zero-order chi connectivity index (χ0) is 12.4. The van der Waals surface area contributed by atoms with Crippen LogP contribution in [0.3, 0.4) is 0 Å². The average molecular weight is 228 g/mol. The average Bonchev–Trinajstić information content (AvgIpc) is 2.29. The lowest BCUT2D eigenvalue weighted by atomic mass is 10.0. The lowest BCUT2D eigenvalue weighted by Crippen LogP contribution is -2.06. The first kappa shape index (κ1) is 11.3. The largest absolute Gasteiger partial charge is 0.399 e. The first-order chi connectivity index (χ1) is 8.11. The zero-order valence-corrected chi connectivity index (χ0v) is 9.48. The van der Waals surface area contributed by atoms with Crippen LogP contribution >= 0.6 is 0 Å². The Labute approximate surface area is 100 Å². The Morgan fingerprint density at radius 3 is 1.76 bits per heavy atom. The van der Waals surface area contributed by atoms with Crippen LogP contribution in [0.4, 0.5) is 17.1 Å². The Morgan fingerprint density at radius 2 is 1.29 bits per heavy atom. The van der Waals surface area contributed by atoms with E-state index in [1.807, 2.05) is 36.4 Å². The maximum absolute atomic E-state index is 5.92. The van der Waals surface area contributed by atoms with E-state index in [9.17, 15) is 0 Å². The number of hydrogen-bond donors (Lipinski definition) is 4. The van der Waals surface area contributed by atoms with Crippen molar-refractivity contribution < 1.29 is 0 Å². The molecular formula is C13H16N4. The zero-order valence-electron chi connectivity index (χ0n) is 9.48. The van der Waals surface area contributed by atoms with Crippen LogP contribution in [-0.4, -0.2) is 0 Å². The minimum absolute atomic E-state index is 0.347. The molecule has 0 amide bonds. The van der Waals surface area contributed by atoms with Crippen LogP contribution in [0.15, 0.2) is 36.4 Å². The van der Waals surface area contributed by atoms with Crippen LogP contribution in [0.1, 0.15) is 5.56 Å². The molecule has 2 aromatic rings. The summed E-state index contributed by atoms with van der Waals surface area (Å²) in [5.41, 5.74) is 27.8. The highest BCUT2D eigenvalue weighted by Crippen LogP contribution is 2.29. The van der Waals surface area contributed by atoms with Gasteiger partial charge in [-0.25, -0.2) is 0 Å². The highest BCUT2D eigenvalue weighted by molar-refractivity contribution is 5.76. The van der Waals surface area contributed by atoms with E-state index in [0.717, 1.165) is 22.4 Å². The van der Waals surface area contributed by atoms with Gasteiger partial charge in [-0.15, -0.1) is 0 Å². The molecule has 0 fully saturated rings. The first-order valence-electron chi connectivity index (χ1n) is 5.35. The minimum Gasteiger partial charge on any atom is -0.399 e. The number of benzene rings is 2. The van der Waals surface area contributed by atoms with E-state index in [0.29, 0.717) is 17.9 Å². The van der Waals surface area contributed by atoms with Crippen molar-refractivity contribution in [2.24, 2.45) is 5.73 Å². The quantitative estimate of drug-likeness (QED) is 0.585. The summed E-state index contributed by atoms with van der Waals surface area (Å²) in [6.07, 6.45) is 0. The smallest absolute Gasteiger partial charge is 0.0386 e. The lowest BCUT2D eigenvalue weighted by Gasteiger charge is -2.10. The van der Waals surface area contributed by atoms with Gasteiger partial charge >= 0.3 is 0 Å². The van der Waals surface area contributed by atoms with Crippen molar-refractivity contribution in [1.29, 1.82) is 0 Å². The van der Waals surface area contributed by atoms with Crippen molar-refractivity contribution in [2.75, 3.05) is 17.2 Å². The van der Waals surface area contributed by atoms with Gasteiger partial charge in [-0.3, -0.25) is 0 Å². The molecule has 88 valence electrons. The second kappa shape index (κ2) is 4.35. The predicted octanol–water partition coefficient (Wildman–Crippen LogP) is 1.56. The number of hydrogen-bond acceptors (Lipinski definition) is 4. The third-order valence-electron chi connectivity index (χ3n) is 2.77. The maximum Gasteiger partial charge on any atom is 0.0386 e. The molecule has 2 aromatic carbocycles. The van der Waals surface area contributed by atoms with E-state index in [1.165, 1.54) is 0 Å². The Morgan fingerprint density at radius 1 is 0.765 bits per heavy atom. The van der Waals surface area contributed by atoms with Crippen LogP contribution in [-0.2, 0) is 6.54 Å². The summed E-state index contributed by atoms with van der Waals surface area (Å²) in [6, 6.07) is 11.3. The van der Waals surface area contributed by atoms with Crippen molar-refractivity contribution in [1.82, 2.24) is 0 Å². The Bertz CT molecular complexity index is 509. The standard InChI is InChI=1S/C13H16N4/c14-7-11-12(16)5-9(6-13(11)17)8-1-3-10(15)4-2-8/h1-6H,7,14-17H2. The predicted molar refractivity (Wildman–Crippen MR) is 73.0 cm³/mol. The molecule has 0 saturated heterocycles. The summed E-state index contributed by atoms with van der Waals surface area (Å²) in [5, 5.41) is 0. The Balaban J connectivity index is 2.50. The molecular weight excluding hydrogens is 212 g/mol. The molecule has 0 aromatic heterocycles.